The van der Waals surface area contributed by atoms with Crippen LogP contribution in [0.3, 0.4) is 0 Å². The molecule has 4 rings (SSSR count). The van der Waals surface area contributed by atoms with Gasteiger partial charge in [0.05, 0.1) is 25.0 Å². The second-order valence-electron chi connectivity index (χ2n) is 6.36. The monoisotopic (exact) mass is 401 g/mol. The van der Waals surface area contributed by atoms with Crippen molar-refractivity contribution in [2.75, 3.05) is 27.3 Å². The van der Waals surface area contributed by atoms with Crippen LogP contribution >= 0.6 is 0 Å². The molecule has 146 valence electrons. The number of sulfonamides is 1. The van der Waals surface area contributed by atoms with E-state index in [1.54, 1.807) is 6.07 Å². The number of benzene rings is 2. The van der Waals surface area contributed by atoms with Crippen molar-refractivity contribution in [1.29, 1.82) is 0 Å². The van der Waals surface area contributed by atoms with Crippen LogP contribution in [0.4, 0.5) is 0 Å². The largest absolute Gasteiger partial charge is 0.493 e. The SMILES string of the molecule is COc1ccc(S(=O)(=O)N2CC(c3nc(-c4ccccc4)no3)C2)cc1OC. The Balaban J connectivity index is 1.48. The fourth-order valence-corrected chi connectivity index (χ4v) is 4.57. The zero-order valence-corrected chi connectivity index (χ0v) is 16.2. The lowest BCUT2D eigenvalue weighted by Gasteiger charge is -2.35. The van der Waals surface area contributed by atoms with E-state index in [-0.39, 0.29) is 23.9 Å². The topological polar surface area (TPSA) is 94.8 Å². The van der Waals surface area contributed by atoms with E-state index in [1.165, 1.54) is 30.7 Å². The number of aromatic nitrogens is 2. The lowest BCUT2D eigenvalue weighted by atomic mass is 10.0. The van der Waals surface area contributed by atoms with Crippen LogP contribution < -0.4 is 9.47 Å². The Kier molecular flexibility index (Phi) is 4.78. The van der Waals surface area contributed by atoms with Crippen molar-refractivity contribution in [3.8, 4) is 22.9 Å². The van der Waals surface area contributed by atoms with Crippen molar-refractivity contribution in [3.05, 3.63) is 54.4 Å². The maximum Gasteiger partial charge on any atom is 0.243 e. The van der Waals surface area contributed by atoms with Crippen LogP contribution in [-0.2, 0) is 10.0 Å². The van der Waals surface area contributed by atoms with Gasteiger partial charge in [-0.2, -0.15) is 9.29 Å². The van der Waals surface area contributed by atoms with Gasteiger partial charge in [0, 0.05) is 24.7 Å². The predicted octanol–water partition coefficient (Wildman–Crippen LogP) is 2.54. The molecule has 0 amide bonds. The Bertz CT molecular complexity index is 1080. The first-order valence-electron chi connectivity index (χ1n) is 8.64. The summed E-state index contributed by atoms with van der Waals surface area (Å²) in [5.74, 6) is 1.65. The molecule has 0 unspecified atom stereocenters. The first kappa shape index (κ1) is 18.5. The molecule has 1 fully saturated rings. The highest BCUT2D eigenvalue weighted by Gasteiger charge is 2.40. The molecule has 0 bridgehead atoms. The molecule has 0 spiro atoms. The van der Waals surface area contributed by atoms with Crippen LogP contribution in [-0.4, -0.2) is 50.2 Å². The van der Waals surface area contributed by atoms with E-state index in [1.807, 2.05) is 30.3 Å². The van der Waals surface area contributed by atoms with Crippen molar-refractivity contribution >= 4 is 10.0 Å². The molecule has 1 aromatic heterocycles. The Hall–Kier alpha value is -2.91. The van der Waals surface area contributed by atoms with Gasteiger partial charge in [0.15, 0.2) is 11.5 Å². The molecule has 28 heavy (non-hydrogen) atoms. The van der Waals surface area contributed by atoms with Crippen molar-refractivity contribution < 1.29 is 22.4 Å². The highest BCUT2D eigenvalue weighted by Crippen LogP contribution is 2.35. The van der Waals surface area contributed by atoms with Gasteiger partial charge in [0.1, 0.15) is 0 Å². The molecule has 8 nitrogen and oxygen atoms in total. The van der Waals surface area contributed by atoms with E-state index in [9.17, 15) is 8.42 Å². The van der Waals surface area contributed by atoms with Crippen LogP contribution in [0.25, 0.3) is 11.4 Å². The summed E-state index contributed by atoms with van der Waals surface area (Å²) in [6, 6.07) is 14.0. The highest BCUT2D eigenvalue weighted by molar-refractivity contribution is 7.89. The van der Waals surface area contributed by atoms with E-state index in [2.05, 4.69) is 10.1 Å². The highest BCUT2D eigenvalue weighted by atomic mass is 32.2. The van der Waals surface area contributed by atoms with Gasteiger partial charge in [-0.15, -0.1) is 0 Å². The summed E-state index contributed by atoms with van der Waals surface area (Å²) in [5.41, 5.74) is 0.853. The number of ether oxygens (including phenoxy) is 2. The number of hydrogen-bond acceptors (Lipinski definition) is 7. The number of hydrogen-bond donors (Lipinski definition) is 0. The van der Waals surface area contributed by atoms with Gasteiger partial charge in [-0.25, -0.2) is 8.42 Å². The first-order chi connectivity index (χ1) is 13.5. The summed E-state index contributed by atoms with van der Waals surface area (Å²) in [7, 11) is -0.672. The zero-order valence-electron chi connectivity index (χ0n) is 15.4. The van der Waals surface area contributed by atoms with Crippen molar-refractivity contribution in [2.24, 2.45) is 0 Å². The van der Waals surface area contributed by atoms with E-state index in [4.69, 9.17) is 14.0 Å². The average molecular weight is 401 g/mol. The van der Waals surface area contributed by atoms with Crippen molar-refractivity contribution in [3.63, 3.8) is 0 Å². The third-order valence-electron chi connectivity index (χ3n) is 4.66. The normalized spacial score (nSPS) is 15.2. The molecule has 3 aromatic rings. The molecular formula is C19H19N3O5S. The Morgan fingerprint density at radius 3 is 2.43 bits per heavy atom. The molecular weight excluding hydrogens is 382 g/mol. The van der Waals surface area contributed by atoms with Crippen LogP contribution in [0.1, 0.15) is 11.8 Å². The van der Waals surface area contributed by atoms with Gasteiger partial charge < -0.3 is 14.0 Å². The van der Waals surface area contributed by atoms with Gasteiger partial charge in [-0.1, -0.05) is 35.5 Å². The molecule has 0 atom stereocenters. The summed E-state index contributed by atoms with van der Waals surface area (Å²) in [6.45, 7) is 0.570. The fraction of sp³-hybridized carbons (Fsp3) is 0.263. The first-order valence-corrected chi connectivity index (χ1v) is 10.1. The Labute approximate surface area is 162 Å². The number of rotatable bonds is 6. The van der Waals surface area contributed by atoms with Crippen molar-refractivity contribution in [2.45, 2.75) is 10.8 Å². The zero-order chi connectivity index (χ0) is 19.7. The summed E-state index contributed by atoms with van der Waals surface area (Å²) < 4.78 is 42.8. The average Bonchev–Trinajstić information content (AvgIpc) is 3.16. The molecule has 2 heterocycles. The molecule has 0 N–H and O–H groups in total. The molecule has 1 aliphatic heterocycles. The van der Waals surface area contributed by atoms with Crippen LogP contribution in [0.15, 0.2) is 57.9 Å². The minimum atomic E-state index is -3.64. The molecule has 0 radical (unpaired) electrons. The molecule has 2 aromatic carbocycles. The smallest absolute Gasteiger partial charge is 0.243 e. The summed E-state index contributed by atoms with van der Waals surface area (Å²) in [4.78, 5) is 4.56. The van der Waals surface area contributed by atoms with Gasteiger partial charge in [0.2, 0.25) is 21.7 Å². The number of methoxy groups -OCH3 is 2. The van der Waals surface area contributed by atoms with E-state index < -0.39 is 10.0 Å². The Morgan fingerprint density at radius 2 is 1.75 bits per heavy atom. The molecule has 0 saturated carbocycles. The van der Waals surface area contributed by atoms with Crippen molar-refractivity contribution in [1.82, 2.24) is 14.4 Å². The molecule has 1 aliphatic rings. The van der Waals surface area contributed by atoms with Crippen LogP contribution in [0.5, 0.6) is 11.5 Å². The minimum absolute atomic E-state index is 0.125. The minimum Gasteiger partial charge on any atom is -0.493 e. The lowest BCUT2D eigenvalue weighted by molar-refractivity contribution is 0.216. The number of nitrogens with zero attached hydrogens (tertiary/aromatic N) is 3. The third kappa shape index (κ3) is 3.23. The van der Waals surface area contributed by atoms with Gasteiger partial charge in [-0.3, -0.25) is 0 Å². The van der Waals surface area contributed by atoms with Gasteiger partial charge in [-0.05, 0) is 12.1 Å². The summed E-state index contributed by atoms with van der Waals surface area (Å²) in [6.07, 6.45) is 0. The second-order valence-corrected chi connectivity index (χ2v) is 8.30. The van der Waals surface area contributed by atoms with Crippen LogP contribution in [0, 0.1) is 0 Å². The van der Waals surface area contributed by atoms with Gasteiger partial charge in [0.25, 0.3) is 0 Å². The second kappa shape index (κ2) is 7.25. The van der Waals surface area contributed by atoms with E-state index in [0.717, 1.165) is 5.56 Å². The Morgan fingerprint density at radius 1 is 1.04 bits per heavy atom. The quantitative estimate of drug-likeness (QED) is 0.626. The molecule has 9 heteroatoms. The third-order valence-corrected chi connectivity index (χ3v) is 6.49. The maximum atomic E-state index is 12.8. The molecule has 1 saturated heterocycles. The summed E-state index contributed by atoms with van der Waals surface area (Å²) in [5, 5.41) is 3.99. The van der Waals surface area contributed by atoms with Crippen LogP contribution in [0.2, 0.25) is 0 Å². The van der Waals surface area contributed by atoms with Gasteiger partial charge >= 0.3 is 0 Å². The fourth-order valence-electron chi connectivity index (χ4n) is 3.02. The standard InChI is InChI=1S/C19H19N3O5S/c1-25-16-9-8-15(10-17(16)26-2)28(23,24)22-11-14(12-22)19-20-18(21-27-19)13-6-4-3-5-7-13/h3-10,14H,11-12H2,1-2H3. The predicted molar refractivity (Wildman–Crippen MR) is 101 cm³/mol. The summed E-state index contributed by atoms with van der Waals surface area (Å²) >= 11 is 0. The maximum absolute atomic E-state index is 12.8. The van der Waals surface area contributed by atoms with E-state index >= 15 is 0 Å². The molecule has 0 aliphatic carbocycles. The lowest BCUT2D eigenvalue weighted by Crippen LogP contribution is -2.48. The van der Waals surface area contributed by atoms with E-state index in [0.29, 0.717) is 23.2 Å².